The van der Waals surface area contributed by atoms with E-state index in [2.05, 4.69) is 24.0 Å². The summed E-state index contributed by atoms with van der Waals surface area (Å²) in [6.07, 6.45) is -3.49. The molecule has 1 fully saturated rings. The van der Waals surface area contributed by atoms with E-state index in [9.17, 15) is 13.6 Å². The highest BCUT2D eigenvalue weighted by Gasteiger charge is 2.30. The van der Waals surface area contributed by atoms with E-state index in [0.29, 0.717) is 16.3 Å². The average Bonchev–Trinajstić information content (AvgIpc) is 2.81. The number of halogens is 2. The van der Waals surface area contributed by atoms with Crippen molar-refractivity contribution in [3.05, 3.63) is 11.7 Å². The minimum absolute atomic E-state index is 0.0304. The monoisotopic (exact) mass is 308 g/mol. The van der Waals surface area contributed by atoms with Crippen molar-refractivity contribution >= 4 is 29.3 Å². The molecule has 1 aromatic rings. The van der Waals surface area contributed by atoms with Gasteiger partial charge in [0.2, 0.25) is 11.7 Å². The second-order valence-electron chi connectivity index (χ2n) is 4.36. The van der Waals surface area contributed by atoms with Crippen molar-refractivity contribution < 1.29 is 18.1 Å². The Bertz CT molecular complexity index is 456. The molecule has 3 unspecified atom stereocenters. The van der Waals surface area contributed by atoms with E-state index in [1.54, 1.807) is 11.8 Å². The summed E-state index contributed by atoms with van der Waals surface area (Å²) in [5.41, 5.74) is 0. The number of hydrogen-bond acceptors (Lipinski definition) is 6. The lowest BCUT2D eigenvalue weighted by Crippen LogP contribution is -2.22. The zero-order valence-corrected chi connectivity index (χ0v) is 12.1. The Balaban J connectivity index is 1.99. The number of thioether (sulfide) groups is 2. The van der Waals surface area contributed by atoms with Gasteiger partial charge >= 0.3 is 0 Å². The fraction of sp³-hybridized carbons (Fsp3) is 0.727. The standard InChI is InChI=1S/C11H14F2N2O2S2/c1-5-6(2)19-8(4-18-5)11-14-9(17-15-11)3-7(16)10(12)13/h5-6,8,10H,3-4H2,1-2H3. The molecule has 0 bridgehead atoms. The van der Waals surface area contributed by atoms with E-state index < -0.39 is 18.6 Å². The van der Waals surface area contributed by atoms with Crippen LogP contribution in [-0.4, -0.2) is 38.6 Å². The molecule has 0 radical (unpaired) electrons. The molecule has 0 aliphatic carbocycles. The van der Waals surface area contributed by atoms with Crippen LogP contribution < -0.4 is 0 Å². The minimum Gasteiger partial charge on any atom is -0.339 e. The highest BCUT2D eigenvalue weighted by molar-refractivity contribution is 8.07. The van der Waals surface area contributed by atoms with Gasteiger partial charge in [0.1, 0.15) is 0 Å². The SMILES string of the molecule is CC1SCC(c2noc(CC(=O)C(F)F)n2)SC1C. The smallest absolute Gasteiger partial charge is 0.296 e. The Morgan fingerprint density at radius 3 is 2.84 bits per heavy atom. The molecule has 1 saturated heterocycles. The third kappa shape index (κ3) is 3.68. The molecule has 0 N–H and O–H groups in total. The Morgan fingerprint density at radius 1 is 1.47 bits per heavy atom. The zero-order valence-electron chi connectivity index (χ0n) is 10.5. The predicted molar refractivity (Wildman–Crippen MR) is 70.7 cm³/mol. The maximum Gasteiger partial charge on any atom is 0.296 e. The summed E-state index contributed by atoms with van der Waals surface area (Å²) in [5.74, 6) is 0.131. The molecule has 106 valence electrons. The van der Waals surface area contributed by atoms with Crippen molar-refractivity contribution in [2.24, 2.45) is 0 Å². The quantitative estimate of drug-likeness (QED) is 0.852. The number of aromatic nitrogens is 2. The van der Waals surface area contributed by atoms with Gasteiger partial charge in [0.15, 0.2) is 5.82 Å². The van der Waals surface area contributed by atoms with E-state index >= 15 is 0 Å². The van der Waals surface area contributed by atoms with Gasteiger partial charge in [0.25, 0.3) is 6.43 Å². The number of carbonyl (C=O) groups excluding carboxylic acids is 1. The first-order chi connectivity index (χ1) is 8.97. The number of rotatable bonds is 4. The van der Waals surface area contributed by atoms with Crippen LogP contribution in [0.15, 0.2) is 4.52 Å². The van der Waals surface area contributed by atoms with Crippen molar-refractivity contribution in [3.63, 3.8) is 0 Å². The summed E-state index contributed by atoms with van der Waals surface area (Å²) < 4.78 is 29.1. The Morgan fingerprint density at radius 2 is 2.21 bits per heavy atom. The first-order valence-electron chi connectivity index (χ1n) is 5.87. The van der Waals surface area contributed by atoms with Gasteiger partial charge in [-0.1, -0.05) is 19.0 Å². The predicted octanol–water partition coefficient (Wildman–Crippen LogP) is 2.74. The number of hydrogen-bond donors (Lipinski definition) is 0. The zero-order chi connectivity index (χ0) is 14.0. The molecular weight excluding hydrogens is 294 g/mol. The summed E-state index contributed by atoms with van der Waals surface area (Å²) in [6, 6.07) is 0. The third-order valence-electron chi connectivity index (χ3n) is 2.89. The van der Waals surface area contributed by atoms with Crippen molar-refractivity contribution in [2.75, 3.05) is 5.75 Å². The molecule has 1 aliphatic heterocycles. The minimum atomic E-state index is -2.99. The van der Waals surface area contributed by atoms with E-state index in [1.807, 2.05) is 11.8 Å². The average molecular weight is 308 g/mol. The van der Waals surface area contributed by atoms with Crippen molar-refractivity contribution in [3.8, 4) is 0 Å². The molecule has 8 heteroatoms. The highest BCUT2D eigenvalue weighted by Crippen LogP contribution is 2.43. The molecule has 0 amide bonds. The first kappa shape index (κ1) is 14.8. The Kier molecular flexibility index (Phi) is 4.83. The van der Waals surface area contributed by atoms with E-state index in [0.717, 1.165) is 5.75 Å². The lowest BCUT2D eigenvalue weighted by Gasteiger charge is -2.29. The third-order valence-corrected chi connectivity index (χ3v) is 6.28. The van der Waals surface area contributed by atoms with Gasteiger partial charge in [-0.15, -0.1) is 11.8 Å². The topological polar surface area (TPSA) is 56.0 Å². The summed E-state index contributed by atoms with van der Waals surface area (Å²) in [5, 5.41) is 4.92. The molecule has 19 heavy (non-hydrogen) atoms. The van der Waals surface area contributed by atoms with Crippen molar-refractivity contribution in [2.45, 2.75) is 42.4 Å². The van der Waals surface area contributed by atoms with Crippen LogP contribution in [0, 0.1) is 0 Å². The molecule has 2 heterocycles. The van der Waals surface area contributed by atoms with E-state index in [1.165, 1.54) is 0 Å². The number of Topliss-reactive ketones (excluding diaryl/α,β-unsaturated/α-hetero) is 1. The molecule has 2 rings (SSSR count). The molecule has 0 aromatic carbocycles. The molecule has 4 nitrogen and oxygen atoms in total. The fourth-order valence-electron chi connectivity index (χ4n) is 1.62. The number of alkyl halides is 2. The van der Waals surface area contributed by atoms with Crippen LogP contribution >= 0.6 is 23.5 Å². The van der Waals surface area contributed by atoms with Crippen molar-refractivity contribution in [1.29, 1.82) is 0 Å². The van der Waals surface area contributed by atoms with E-state index in [-0.39, 0.29) is 11.1 Å². The van der Waals surface area contributed by atoms with Crippen LogP contribution in [0.4, 0.5) is 8.78 Å². The normalized spacial score (nSPS) is 27.7. The maximum atomic E-state index is 12.1. The summed E-state index contributed by atoms with van der Waals surface area (Å²) in [7, 11) is 0. The highest BCUT2D eigenvalue weighted by atomic mass is 32.2. The molecule has 1 aliphatic rings. The van der Waals surface area contributed by atoms with E-state index in [4.69, 9.17) is 4.52 Å². The summed E-state index contributed by atoms with van der Waals surface area (Å²) >= 11 is 3.57. The van der Waals surface area contributed by atoms with Gasteiger partial charge in [-0.05, 0) is 0 Å². The van der Waals surface area contributed by atoms with Gasteiger partial charge < -0.3 is 4.52 Å². The first-order valence-corrected chi connectivity index (χ1v) is 7.87. The van der Waals surface area contributed by atoms with Gasteiger partial charge in [0, 0.05) is 16.3 Å². The maximum absolute atomic E-state index is 12.1. The lowest BCUT2D eigenvalue weighted by molar-refractivity contribution is -0.129. The Hall–Kier alpha value is -0.630. The van der Waals surface area contributed by atoms with Gasteiger partial charge in [-0.3, -0.25) is 4.79 Å². The van der Waals surface area contributed by atoms with Crippen molar-refractivity contribution in [1.82, 2.24) is 10.1 Å². The van der Waals surface area contributed by atoms with Crippen LogP contribution in [-0.2, 0) is 11.2 Å². The fourth-order valence-corrected chi connectivity index (χ4v) is 4.45. The lowest BCUT2D eigenvalue weighted by atomic mass is 10.3. The van der Waals surface area contributed by atoms with Crippen LogP contribution in [0.2, 0.25) is 0 Å². The number of nitrogens with zero attached hydrogens (tertiary/aromatic N) is 2. The second kappa shape index (κ2) is 6.21. The number of carbonyl (C=O) groups is 1. The van der Waals surface area contributed by atoms with Crippen LogP contribution in [0.25, 0.3) is 0 Å². The molecular formula is C11H14F2N2O2S2. The van der Waals surface area contributed by atoms with Crippen LogP contribution in [0.3, 0.4) is 0 Å². The summed E-state index contributed by atoms with van der Waals surface area (Å²) in [4.78, 5) is 15.0. The molecule has 3 atom stereocenters. The Labute approximate surface area is 118 Å². The van der Waals surface area contributed by atoms with Gasteiger partial charge in [0.05, 0.1) is 11.7 Å². The second-order valence-corrected chi connectivity index (χ2v) is 7.35. The summed E-state index contributed by atoms with van der Waals surface area (Å²) in [6.45, 7) is 4.30. The molecule has 1 aromatic heterocycles. The van der Waals surface area contributed by atoms with Gasteiger partial charge in [-0.2, -0.15) is 16.7 Å². The van der Waals surface area contributed by atoms with Crippen LogP contribution in [0.5, 0.6) is 0 Å². The van der Waals surface area contributed by atoms with Gasteiger partial charge in [-0.25, -0.2) is 8.78 Å². The largest absolute Gasteiger partial charge is 0.339 e. The number of ketones is 1. The van der Waals surface area contributed by atoms with Crippen LogP contribution in [0.1, 0.15) is 30.8 Å². The molecule has 0 saturated carbocycles. The molecule has 0 spiro atoms.